The fraction of sp³-hybridized carbons (Fsp3) is 0.588. The van der Waals surface area contributed by atoms with Crippen LogP contribution < -0.4 is 4.90 Å². The van der Waals surface area contributed by atoms with Crippen LogP contribution in [0.5, 0.6) is 0 Å². The predicted molar refractivity (Wildman–Crippen MR) is 90.7 cm³/mol. The van der Waals surface area contributed by atoms with Gasteiger partial charge in [0.15, 0.2) is 0 Å². The molecule has 2 bridgehead atoms. The van der Waals surface area contributed by atoms with Crippen molar-refractivity contribution in [1.82, 2.24) is 9.97 Å². The van der Waals surface area contributed by atoms with E-state index in [-0.39, 0.29) is 17.4 Å². The van der Waals surface area contributed by atoms with E-state index < -0.39 is 0 Å². The van der Waals surface area contributed by atoms with Crippen molar-refractivity contribution < 1.29 is 9.53 Å². The van der Waals surface area contributed by atoms with Crippen LogP contribution in [0.2, 0.25) is 0 Å². The Morgan fingerprint density at radius 1 is 1.43 bits per heavy atom. The van der Waals surface area contributed by atoms with E-state index in [2.05, 4.69) is 33.2 Å². The number of carbonyl (C=O) groups is 1. The monoisotopic (exact) mass is 331 g/mol. The molecule has 6 heteroatoms. The molecule has 0 spiro atoms. The maximum Gasteiger partial charge on any atom is 0.314 e. The van der Waals surface area contributed by atoms with Gasteiger partial charge >= 0.3 is 5.97 Å². The Morgan fingerprint density at radius 2 is 2.30 bits per heavy atom. The first-order chi connectivity index (χ1) is 11.2. The Balaban J connectivity index is 1.77. The molecule has 122 valence electrons. The van der Waals surface area contributed by atoms with Crippen molar-refractivity contribution >= 4 is 33.3 Å². The first-order valence-electron chi connectivity index (χ1n) is 8.35. The van der Waals surface area contributed by atoms with Crippen LogP contribution in [-0.2, 0) is 9.53 Å². The molecule has 2 saturated heterocycles. The summed E-state index contributed by atoms with van der Waals surface area (Å²) < 4.78 is 5.43. The van der Waals surface area contributed by atoms with Crippen LogP contribution >= 0.6 is 11.3 Å². The highest BCUT2D eigenvalue weighted by molar-refractivity contribution is 7.16. The summed E-state index contributed by atoms with van der Waals surface area (Å²) in [6.07, 6.45) is 5.50. The van der Waals surface area contributed by atoms with Gasteiger partial charge in [0.2, 0.25) is 0 Å². The van der Waals surface area contributed by atoms with Gasteiger partial charge in [-0.25, -0.2) is 9.97 Å². The molecule has 2 aliphatic heterocycles. The lowest BCUT2D eigenvalue weighted by Crippen LogP contribution is -2.44. The van der Waals surface area contributed by atoms with Crippen LogP contribution in [0.1, 0.15) is 39.5 Å². The third kappa shape index (κ3) is 2.00. The van der Waals surface area contributed by atoms with Crippen molar-refractivity contribution in [3.63, 3.8) is 0 Å². The molecule has 5 nitrogen and oxygen atoms in total. The molecule has 0 N–H and O–H groups in total. The number of aromatic nitrogens is 2. The summed E-state index contributed by atoms with van der Waals surface area (Å²) in [6, 6.07) is 2.65. The lowest BCUT2D eigenvalue weighted by Gasteiger charge is -2.34. The van der Waals surface area contributed by atoms with E-state index in [4.69, 9.17) is 4.74 Å². The van der Waals surface area contributed by atoms with E-state index in [1.165, 1.54) is 0 Å². The molecule has 0 aromatic carbocycles. The van der Waals surface area contributed by atoms with Crippen LogP contribution in [0.15, 0.2) is 17.8 Å². The average molecular weight is 331 g/mol. The Morgan fingerprint density at radius 3 is 3.09 bits per heavy atom. The smallest absolute Gasteiger partial charge is 0.314 e. The van der Waals surface area contributed by atoms with Gasteiger partial charge in [0.25, 0.3) is 0 Å². The van der Waals surface area contributed by atoms with Gasteiger partial charge in [-0.2, -0.15) is 0 Å². The van der Waals surface area contributed by atoms with Crippen LogP contribution in [-0.4, -0.2) is 34.6 Å². The molecule has 2 aromatic heterocycles. The van der Waals surface area contributed by atoms with Crippen molar-refractivity contribution in [3.8, 4) is 0 Å². The molecule has 2 fully saturated rings. The quantitative estimate of drug-likeness (QED) is 0.804. The standard InChI is InChI=1S/C17H21N3O2S/c1-3-17(16(21)22-4-2)9-11-5-6-13(17)20(11)14-12-7-8-23-15(12)19-10-18-14/h7-8,10-11,13H,3-6,9H2,1-2H3/t11-,13+,17+/m1/s1. The van der Waals surface area contributed by atoms with Crippen molar-refractivity contribution in [2.24, 2.45) is 5.41 Å². The highest BCUT2D eigenvalue weighted by Crippen LogP contribution is 2.54. The van der Waals surface area contributed by atoms with Gasteiger partial charge < -0.3 is 9.64 Å². The number of hydrogen-bond acceptors (Lipinski definition) is 6. The summed E-state index contributed by atoms with van der Waals surface area (Å²) in [4.78, 5) is 25.0. The lowest BCUT2D eigenvalue weighted by molar-refractivity contribution is -0.157. The van der Waals surface area contributed by atoms with E-state index in [9.17, 15) is 4.79 Å². The molecule has 0 amide bonds. The number of carbonyl (C=O) groups excluding carboxylic acids is 1. The summed E-state index contributed by atoms with van der Waals surface area (Å²) in [5, 5.41) is 3.16. The van der Waals surface area contributed by atoms with Crippen molar-refractivity contribution in [3.05, 3.63) is 17.8 Å². The second kappa shape index (κ2) is 5.44. The molecule has 2 aromatic rings. The summed E-state index contributed by atoms with van der Waals surface area (Å²) >= 11 is 1.63. The zero-order chi connectivity index (χ0) is 16.0. The first-order valence-corrected chi connectivity index (χ1v) is 9.23. The Hall–Kier alpha value is -1.69. The maximum atomic E-state index is 12.7. The second-order valence-electron chi connectivity index (χ2n) is 6.43. The fourth-order valence-electron chi connectivity index (χ4n) is 4.50. The molecule has 2 aliphatic rings. The summed E-state index contributed by atoms with van der Waals surface area (Å²) in [5.41, 5.74) is -0.383. The average Bonchev–Trinajstić information content (AvgIpc) is 3.27. The molecule has 23 heavy (non-hydrogen) atoms. The summed E-state index contributed by atoms with van der Waals surface area (Å²) in [6.45, 7) is 4.43. The maximum absolute atomic E-state index is 12.7. The van der Waals surface area contributed by atoms with Gasteiger partial charge in [-0.05, 0) is 44.1 Å². The highest BCUT2D eigenvalue weighted by Gasteiger charge is 2.60. The number of ether oxygens (including phenoxy) is 1. The normalized spacial score (nSPS) is 29.4. The fourth-order valence-corrected chi connectivity index (χ4v) is 5.23. The van der Waals surface area contributed by atoms with E-state index in [1.807, 2.05) is 6.92 Å². The topological polar surface area (TPSA) is 55.3 Å². The van der Waals surface area contributed by atoms with Gasteiger partial charge in [-0.1, -0.05) is 6.92 Å². The van der Waals surface area contributed by atoms with E-state index in [0.717, 1.165) is 41.7 Å². The minimum absolute atomic E-state index is 0.0321. The second-order valence-corrected chi connectivity index (χ2v) is 7.32. The molecule has 4 heterocycles. The molecular weight excluding hydrogens is 310 g/mol. The van der Waals surface area contributed by atoms with Crippen LogP contribution in [0, 0.1) is 5.41 Å². The molecule has 0 radical (unpaired) electrons. The molecule has 3 atom stereocenters. The number of rotatable bonds is 4. The number of nitrogens with zero attached hydrogens (tertiary/aromatic N) is 3. The summed E-state index contributed by atoms with van der Waals surface area (Å²) in [5.74, 6) is 0.957. The SMILES string of the molecule is CCOC(=O)[C@@]1(CC)C[C@H]2CC[C@@H]1N2c1ncnc2sccc12. The van der Waals surface area contributed by atoms with E-state index in [0.29, 0.717) is 12.6 Å². The van der Waals surface area contributed by atoms with Crippen molar-refractivity contribution in [1.29, 1.82) is 0 Å². The number of hydrogen-bond donors (Lipinski definition) is 0. The van der Waals surface area contributed by atoms with Crippen molar-refractivity contribution in [2.75, 3.05) is 11.5 Å². The number of anilines is 1. The molecule has 0 unspecified atom stereocenters. The van der Waals surface area contributed by atoms with Gasteiger partial charge in [-0.3, -0.25) is 4.79 Å². The minimum atomic E-state index is -0.383. The van der Waals surface area contributed by atoms with E-state index in [1.54, 1.807) is 17.7 Å². The van der Waals surface area contributed by atoms with E-state index >= 15 is 0 Å². The molecule has 0 saturated carbocycles. The Kier molecular flexibility index (Phi) is 3.52. The number of esters is 1. The molecule has 0 aliphatic carbocycles. The highest BCUT2D eigenvalue weighted by atomic mass is 32.1. The largest absolute Gasteiger partial charge is 0.466 e. The molecule has 4 rings (SSSR count). The Labute approximate surface area is 139 Å². The third-order valence-electron chi connectivity index (χ3n) is 5.54. The number of fused-ring (bicyclic) bond motifs is 3. The first kappa shape index (κ1) is 14.9. The number of thiophene rings is 1. The van der Waals surface area contributed by atoms with Crippen molar-refractivity contribution in [2.45, 2.75) is 51.6 Å². The van der Waals surface area contributed by atoms with Gasteiger partial charge in [0.05, 0.1) is 17.4 Å². The Bertz CT molecular complexity index is 746. The zero-order valence-electron chi connectivity index (χ0n) is 13.5. The third-order valence-corrected chi connectivity index (χ3v) is 6.36. The van der Waals surface area contributed by atoms with Gasteiger partial charge in [-0.15, -0.1) is 11.3 Å². The van der Waals surface area contributed by atoms with Crippen LogP contribution in [0.25, 0.3) is 10.2 Å². The van der Waals surface area contributed by atoms with Gasteiger partial charge in [0, 0.05) is 12.1 Å². The predicted octanol–water partition coefficient (Wildman–Crippen LogP) is 3.39. The van der Waals surface area contributed by atoms with Crippen LogP contribution in [0.3, 0.4) is 0 Å². The van der Waals surface area contributed by atoms with Crippen LogP contribution in [0.4, 0.5) is 5.82 Å². The molecular formula is C17H21N3O2S. The summed E-state index contributed by atoms with van der Waals surface area (Å²) in [7, 11) is 0. The van der Waals surface area contributed by atoms with Gasteiger partial charge in [0.1, 0.15) is 17.0 Å². The zero-order valence-corrected chi connectivity index (χ0v) is 14.3. The lowest BCUT2D eigenvalue weighted by atomic mass is 9.72. The minimum Gasteiger partial charge on any atom is -0.466 e.